The lowest BCUT2D eigenvalue weighted by Crippen LogP contribution is -2.21. The summed E-state index contributed by atoms with van der Waals surface area (Å²) in [7, 11) is 0. The predicted molar refractivity (Wildman–Crippen MR) is 55.2 cm³/mol. The lowest BCUT2D eigenvalue weighted by atomic mass is 10.0. The van der Waals surface area contributed by atoms with Crippen LogP contribution in [0, 0.1) is 11.7 Å². The van der Waals surface area contributed by atoms with Gasteiger partial charge in [0.2, 0.25) is 0 Å². The Hall–Kier alpha value is -1.42. The van der Waals surface area contributed by atoms with Crippen molar-refractivity contribution in [3.8, 4) is 0 Å². The van der Waals surface area contributed by atoms with E-state index in [4.69, 9.17) is 4.74 Å². The van der Waals surface area contributed by atoms with Crippen molar-refractivity contribution in [1.29, 1.82) is 0 Å². The number of benzene rings is 1. The van der Waals surface area contributed by atoms with Crippen LogP contribution in [0.15, 0.2) is 18.2 Å². The minimum absolute atomic E-state index is 0.284. The highest BCUT2D eigenvalue weighted by Gasteiger charge is 2.37. The number of carbonyl (C=O) groups is 1. The SMILES string of the molecule is CCOC(=O)[C@H]1Cc2cc(F)ccc2[C@H]1O. The summed E-state index contributed by atoms with van der Waals surface area (Å²) >= 11 is 0. The summed E-state index contributed by atoms with van der Waals surface area (Å²) in [5, 5.41) is 9.91. The fourth-order valence-corrected chi connectivity index (χ4v) is 2.07. The molecule has 0 saturated carbocycles. The molecule has 0 fully saturated rings. The lowest BCUT2D eigenvalue weighted by Gasteiger charge is -2.12. The first kappa shape index (κ1) is 11.1. The zero-order valence-corrected chi connectivity index (χ0v) is 8.94. The van der Waals surface area contributed by atoms with Crippen LogP contribution in [0.2, 0.25) is 0 Å². The average molecular weight is 224 g/mol. The Kier molecular flexibility index (Phi) is 2.92. The van der Waals surface area contributed by atoms with E-state index in [-0.39, 0.29) is 12.4 Å². The van der Waals surface area contributed by atoms with Gasteiger partial charge in [-0.15, -0.1) is 0 Å². The number of aliphatic hydroxyl groups is 1. The smallest absolute Gasteiger partial charge is 0.312 e. The second kappa shape index (κ2) is 4.22. The third kappa shape index (κ3) is 1.80. The van der Waals surface area contributed by atoms with Crippen LogP contribution < -0.4 is 0 Å². The topological polar surface area (TPSA) is 46.5 Å². The van der Waals surface area contributed by atoms with E-state index in [0.29, 0.717) is 17.5 Å². The van der Waals surface area contributed by atoms with Crippen molar-refractivity contribution in [3.05, 3.63) is 35.1 Å². The van der Waals surface area contributed by atoms with Gasteiger partial charge in [-0.05, 0) is 36.6 Å². The Balaban J connectivity index is 2.23. The van der Waals surface area contributed by atoms with E-state index in [0.717, 1.165) is 0 Å². The number of fused-ring (bicyclic) bond motifs is 1. The Morgan fingerprint density at radius 2 is 2.38 bits per heavy atom. The number of hydrogen-bond acceptors (Lipinski definition) is 3. The monoisotopic (exact) mass is 224 g/mol. The molecular weight excluding hydrogens is 211 g/mol. The van der Waals surface area contributed by atoms with Gasteiger partial charge in [-0.1, -0.05) is 6.07 Å². The summed E-state index contributed by atoms with van der Waals surface area (Å²) in [6, 6.07) is 4.17. The molecule has 2 atom stereocenters. The van der Waals surface area contributed by atoms with Crippen molar-refractivity contribution in [1.82, 2.24) is 0 Å². The molecule has 0 radical (unpaired) electrons. The third-order valence-corrected chi connectivity index (χ3v) is 2.83. The van der Waals surface area contributed by atoms with Gasteiger partial charge in [0, 0.05) is 0 Å². The van der Waals surface area contributed by atoms with Crippen LogP contribution in [-0.2, 0) is 16.0 Å². The predicted octanol–water partition coefficient (Wildman–Crippen LogP) is 1.59. The van der Waals surface area contributed by atoms with E-state index in [1.807, 2.05) is 0 Å². The minimum Gasteiger partial charge on any atom is -0.466 e. The molecule has 0 amide bonds. The molecule has 0 aromatic heterocycles. The number of esters is 1. The lowest BCUT2D eigenvalue weighted by molar-refractivity contribution is -0.151. The van der Waals surface area contributed by atoms with Gasteiger partial charge in [0.25, 0.3) is 0 Å². The highest BCUT2D eigenvalue weighted by atomic mass is 19.1. The molecule has 0 heterocycles. The van der Waals surface area contributed by atoms with Crippen LogP contribution in [0.4, 0.5) is 4.39 Å². The second-order valence-electron chi connectivity index (χ2n) is 3.85. The largest absolute Gasteiger partial charge is 0.466 e. The van der Waals surface area contributed by atoms with Gasteiger partial charge in [0.1, 0.15) is 5.82 Å². The molecule has 86 valence electrons. The van der Waals surface area contributed by atoms with Crippen LogP contribution in [0.25, 0.3) is 0 Å². The summed E-state index contributed by atoms with van der Waals surface area (Å²) in [6.07, 6.45) is -0.540. The highest BCUT2D eigenvalue weighted by Crippen LogP contribution is 2.36. The third-order valence-electron chi connectivity index (χ3n) is 2.83. The number of rotatable bonds is 2. The maximum Gasteiger partial charge on any atom is 0.312 e. The molecule has 0 aliphatic heterocycles. The molecule has 0 unspecified atom stereocenters. The van der Waals surface area contributed by atoms with E-state index >= 15 is 0 Å². The van der Waals surface area contributed by atoms with Crippen molar-refractivity contribution >= 4 is 5.97 Å². The summed E-state index contributed by atoms with van der Waals surface area (Å²) in [5.74, 6) is -1.38. The Labute approximate surface area is 92.9 Å². The summed E-state index contributed by atoms with van der Waals surface area (Å²) < 4.78 is 17.8. The van der Waals surface area contributed by atoms with Gasteiger partial charge in [-0.25, -0.2) is 4.39 Å². The van der Waals surface area contributed by atoms with Gasteiger partial charge < -0.3 is 9.84 Å². The van der Waals surface area contributed by atoms with Gasteiger partial charge >= 0.3 is 5.97 Å². The molecule has 3 nitrogen and oxygen atoms in total. The van der Waals surface area contributed by atoms with Crippen LogP contribution in [0.5, 0.6) is 0 Å². The summed E-state index contributed by atoms with van der Waals surface area (Å²) in [4.78, 5) is 11.5. The van der Waals surface area contributed by atoms with Crippen LogP contribution >= 0.6 is 0 Å². The zero-order chi connectivity index (χ0) is 11.7. The molecular formula is C12H13FO3. The molecule has 4 heteroatoms. The molecule has 1 N–H and O–H groups in total. The van der Waals surface area contributed by atoms with E-state index in [1.165, 1.54) is 18.2 Å². The van der Waals surface area contributed by atoms with Gasteiger partial charge in [-0.2, -0.15) is 0 Å². The number of carbonyl (C=O) groups excluding carboxylic acids is 1. The summed E-state index contributed by atoms with van der Waals surface area (Å²) in [5.41, 5.74) is 1.31. The van der Waals surface area contributed by atoms with Crippen molar-refractivity contribution in [2.24, 2.45) is 5.92 Å². The van der Waals surface area contributed by atoms with E-state index in [1.54, 1.807) is 6.92 Å². The zero-order valence-electron chi connectivity index (χ0n) is 8.94. The Morgan fingerprint density at radius 1 is 1.62 bits per heavy atom. The highest BCUT2D eigenvalue weighted by molar-refractivity contribution is 5.75. The van der Waals surface area contributed by atoms with Crippen LogP contribution in [0.1, 0.15) is 24.2 Å². The molecule has 2 rings (SSSR count). The fraction of sp³-hybridized carbons (Fsp3) is 0.417. The molecule has 1 aromatic carbocycles. The summed E-state index contributed by atoms with van der Waals surface area (Å²) in [6.45, 7) is 2.00. The second-order valence-corrected chi connectivity index (χ2v) is 3.85. The minimum atomic E-state index is -0.880. The van der Waals surface area contributed by atoms with Crippen LogP contribution in [0.3, 0.4) is 0 Å². The van der Waals surface area contributed by atoms with E-state index < -0.39 is 18.0 Å². The first-order valence-corrected chi connectivity index (χ1v) is 5.26. The van der Waals surface area contributed by atoms with Crippen LogP contribution in [-0.4, -0.2) is 17.7 Å². The number of halogens is 1. The van der Waals surface area contributed by atoms with Crippen molar-refractivity contribution < 1.29 is 19.0 Å². The van der Waals surface area contributed by atoms with Crippen molar-refractivity contribution in [2.75, 3.05) is 6.61 Å². The van der Waals surface area contributed by atoms with Crippen molar-refractivity contribution in [3.63, 3.8) is 0 Å². The Morgan fingerprint density at radius 3 is 3.06 bits per heavy atom. The molecule has 0 bridgehead atoms. The molecule has 1 aliphatic carbocycles. The number of hydrogen-bond donors (Lipinski definition) is 1. The molecule has 0 spiro atoms. The first-order valence-electron chi connectivity index (χ1n) is 5.26. The standard InChI is InChI=1S/C12H13FO3/c1-2-16-12(15)10-6-7-5-8(13)3-4-9(7)11(10)14/h3-5,10-11,14H,2,6H2,1H3/t10-,11+/m0/s1. The number of aliphatic hydroxyl groups excluding tert-OH is 1. The van der Waals surface area contributed by atoms with E-state index in [9.17, 15) is 14.3 Å². The van der Waals surface area contributed by atoms with E-state index in [2.05, 4.69) is 0 Å². The van der Waals surface area contributed by atoms with Gasteiger partial charge in [0.05, 0.1) is 18.6 Å². The maximum absolute atomic E-state index is 13.0. The van der Waals surface area contributed by atoms with Gasteiger partial charge in [-0.3, -0.25) is 4.79 Å². The first-order chi connectivity index (χ1) is 7.63. The maximum atomic E-state index is 13.0. The Bertz CT molecular complexity index is 417. The quantitative estimate of drug-likeness (QED) is 0.776. The number of ether oxygens (including phenoxy) is 1. The molecule has 0 saturated heterocycles. The fourth-order valence-electron chi connectivity index (χ4n) is 2.07. The molecule has 1 aromatic rings. The van der Waals surface area contributed by atoms with Gasteiger partial charge in [0.15, 0.2) is 0 Å². The normalized spacial score (nSPS) is 22.9. The molecule has 1 aliphatic rings. The average Bonchev–Trinajstić information content (AvgIpc) is 2.56. The van der Waals surface area contributed by atoms with Crippen molar-refractivity contribution in [2.45, 2.75) is 19.4 Å². The molecule has 16 heavy (non-hydrogen) atoms.